The molecule has 7 heterocycles. The number of fused-ring (bicyclic) bond motifs is 8. The average Bonchev–Trinajstić information content (AvgIpc) is 1.73. The predicted molar refractivity (Wildman–Crippen MR) is 566 cm³/mol. The first-order chi connectivity index (χ1) is 71.0. The predicted octanol–water partition coefficient (Wildman–Crippen LogP) is 19.3. The molecule has 1 fully saturated rings. The molecule has 3 amide bonds. The third kappa shape index (κ3) is 21.8. The Balaban J connectivity index is 0.000000183. The normalized spacial score (nSPS) is 15.9. The van der Waals surface area contributed by atoms with Gasteiger partial charge in [0.2, 0.25) is 17.3 Å². The van der Waals surface area contributed by atoms with Crippen molar-refractivity contribution in [1.82, 2.24) is 10.4 Å². The van der Waals surface area contributed by atoms with Gasteiger partial charge in [-0.15, -0.1) is 5.06 Å². The van der Waals surface area contributed by atoms with E-state index in [0.29, 0.717) is 101 Å². The van der Waals surface area contributed by atoms with Crippen LogP contribution >= 0.6 is 0 Å². The number of nitrogens with one attached hydrogen (secondary N) is 1. The van der Waals surface area contributed by atoms with Crippen molar-refractivity contribution in [3.63, 3.8) is 0 Å². The molecule has 150 heavy (non-hydrogen) atoms. The number of aromatic carboxylic acids is 4. The molecule has 17 rings (SSSR count). The Morgan fingerprint density at radius 2 is 0.873 bits per heavy atom. The summed E-state index contributed by atoms with van der Waals surface area (Å²) in [6.45, 7) is 28.1. The largest absolute Gasteiger partial charge is 0.744 e. The molecule has 0 aromatic heterocycles. The van der Waals surface area contributed by atoms with Crippen molar-refractivity contribution in [3.05, 3.63) is 329 Å². The van der Waals surface area contributed by atoms with Crippen LogP contribution in [0, 0.1) is 13.8 Å². The first kappa shape index (κ1) is 108. The van der Waals surface area contributed by atoms with Gasteiger partial charge in [0.1, 0.15) is 67.5 Å². The fourth-order valence-electron chi connectivity index (χ4n) is 20.7. The molecule has 1 saturated heterocycles. The highest BCUT2D eigenvalue weighted by molar-refractivity contribution is 7.86. The molecule has 0 unspecified atom stereocenters. The number of unbranched alkanes of at least 4 members (excludes halogenated alkanes) is 4. The second-order valence-corrected chi connectivity index (χ2v) is 42.3. The molecule has 0 saturated carbocycles. The van der Waals surface area contributed by atoms with E-state index >= 15 is 0 Å². The van der Waals surface area contributed by atoms with Crippen molar-refractivity contribution < 1.29 is 118 Å². The van der Waals surface area contributed by atoms with Crippen molar-refractivity contribution in [1.29, 1.82) is 0 Å². The summed E-state index contributed by atoms with van der Waals surface area (Å²) in [6.07, 6.45) is 24.4. The number of hydrogen-bond donors (Lipinski definition) is 8. The molecule has 32 nitrogen and oxygen atoms in total. The number of anilines is 2. The van der Waals surface area contributed by atoms with Gasteiger partial charge >= 0.3 is 29.8 Å². The van der Waals surface area contributed by atoms with Gasteiger partial charge in [-0.2, -0.15) is 9.15 Å². The van der Waals surface area contributed by atoms with E-state index < -0.39 is 72.7 Å². The van der Waals surface area contributed by atoms with Gasteiger partial charge in [0, 0.05) is 172 Å². The Hall–Kier alpha value is -16.1. The Kier molecular flexibility index (Phi) is 31.2. The highest BCUT2D eigenvalue weighted by Gasteiger charge is 2.48. The van der Waals surface area contributed by atoms with Gasteiger partial charge in [-0.3, -0.25) is 24.0 Å². The van der Waals surface area contributed by atoms with Gasteiger partial charge < -0.3 is 74.3 Å². The molecular weight excluding hydrogens is 1960 g/mol. The summed E-state index contributed by atoms with van der Waals surface area (Å²) in [5.74, 6) is -7.23. The molecule has 7 aliphatic heterocycles. The number of likely N-dealkylation sites (N-methyl/N-ethyl adjacent to an activating group) is 2. The molecule has 8 aromatic rings. The summed E-state index contributed by atoms with van der Waals surface area (Å²) in [6, 6.07) is 43.7. The maximum absolute atomic E-state index is 13.4. The van der Waals surface area contributed by atoms with Crippen LogP contribution in [0.5, 0.6) is 11.5 Å². The number of hydroxylamine groups is 2. The topological polar surface area (TPSA) is 496 Å². The van der Waals surface area contributed by atoms with Crippen LogP contribution < -0.4 is 31.7 Å². The number of aromatic hydroxyl groups is 2. The van der Waals surface area contributed by atoms with Crippen molar-refractivity contribution >= 4 is 124 Å². The summed E-state index contributed by atoms with van der Waals surface area (Å²) in [7, 11) is -9.34. The number of amides is 3. The summed E-state index contributed by atoms with van der Waals surface area (Å²) in [4.78, 5) is 130. The monoisotopic (exact) mass is 2070 g/mol. The number of carboxylic acids is 4. The van der Waals surface area contributed by atoms with Crippen LogP contribution in [-0.2, 0) is 79.0 Å². The van der Waals surface area contributed by atoms with Crippen molar-refractivity contribution in [2.75, 3.05) is 36.0 Å². The van der Waals surface area contributed by atoms with Crippen LogP contribution in [0.4, 0.5) is 22.7 Å². The summed E-state index contributed by atoms with van der Waals surface area (Å²) in [5, 5.41) is 64.2. The zero-order valence-corrected chi connectivity index (χ0v) is 86.5. The third-order valence-corrected chi connectivity index (χ3v) is 30.0. The highest BCUT2D eigenvalue weighted by Crippen LogP contribution is 2.53. The fourth-order valence-corrected chi connectivity index (χ4v) is 21.7. The number of benzene rings is 10. The van der Waals surface area contributed by atoms with E-state index in [2.05, 4.69) is 128 Å². The lowest BCUT2D eigenvalue weighted by Gasteiger charge is -2.25. The minimum atomic E-state index is -4.70. The van der Waals surface area contributed by atoms with Gasteiger partial charge in [-0.1, -0.05) is 112 Å². The number of nitrogens with two attached hydrogens (primary N) is 1. The quantitative estimate of drug-likeness (QED) is 0.00485. The van der Waals surface area contributed by atoms with Gasteiger partial charge in [0.25, 0.3) is 11.8 Å². The van der Waals surface area contributed by atoms with Crippen LogP contribution in [0.25, 0.3) is 66.8 Å². The van der Waals surface area contributed by atoms with Crippen LogP contribution in [0.15, 0.2) is 270 Å². The second-order valence-electron chi connectivity index (χ2n) is 39.5. The number of aryl methyl sites for hydroxylation is 2. The maximum atomic E-state index is 13.4. The number of rotatable bonds is 32. The van der Waals surface area contributed by atoms with E-state index in [1.54, 1.807) is 18.2 Å². The number of carboxylic acid groups (broad SMARTS) is 4. The van der Waals surface area contributed by atoms with Crippen molar-refractivity contribution in [3.8, 4) is 56.4 Å². The van der Waals surface area contributed by atoms with Crippen LogP contribution in [0.1, 0.15) is 219 Å². The molecule has 34 heteroatoms. The minimum absolute atomic E-state index is 0.0486. The maximum Gasteiger partial charge on any atom is 0.336 e. The number of phenols is 2. The molecule has 0 atom stereocenters. The van der Waals surface area contributed by atoms with E-state index in [1.807, 2.05) is 76.3 Å². The van der Waals surface area contributed by atoms with Crippen molar-refractivity contribution in [2.24, 2.45) is 5.73 Å². The standard InChI is InChI=1S/C56H55N3O11S.C38H45N3O7S.C22H15NO7/c1-7-58-44-24-17-33(2)28-42(44)55(3,4)48(58)14-10-8-11-15-49-56(5,6)43-31-36(71(67,68)69)20-25-45(43)59(49)27-13-9-12-16-50(62)57-32-41-46(61)26-23-39-51(38-22-19-35(60)30-47(38)70-52(39)41)37-21-18-34(53(63)64)29-40(37)54(65)66;1-7-39-30-19-17-26(2)24-28(30)37(3,4)32(39)14-10-8-11-15-33-38(5,6)29-25-27(49(45,46)47)18-20-31(29)40(33)23-13-9-12-16-36(44)48-41-34(42)21-22-35(41)43;23-9-16-17(25)6-5-14-19(13-4-2-11(24)8-18(13)30-20(14)16)12-3-1-10(21(26)27)7-15(12)22(28)29/h8,10-11,14-15,17-26,28-31H,7,9,12-13,16,27,32H2,1-6H3,(H4-,57,60,61,62,63,64,65,66,67,68,69);8,10-11,14-15,17-20,24-25H,7,9,12-13,16,21-23H2,1-6H3;1-8,25H,9,23H2,(H,26,27)(H,28,29). The Morgan fingerprint density at radius 3 is 1.28 bits per heavy atom. The van der Waals surface area contributed by atoms with Gasteiger partial charge in [0.15, 0.2) is 22.3 Å². The zero-order chi connectivity index (χ0) is 108. The minimum Gasteiger partial charge on any atom is -0.744 e. The second kappa shape index (κ2) is 43.3. The summed E-state index contributed by atoms with van der Waals surface area (Å²) >= 11 is 0. The van der Waals surface area contributed by atoms with E-state index in [-0.39, 0.29) is 149 Å². The van der Waals surface area contributed by atoms with Gasteiger partial charge in [-0.05, 0) is 225 Å². The molecule has 8 aromatic carbocycles. The summed E-state index contributed by atoms with van der Waals surface area (Å²) in [5.41, 5.74) is 20.2. The number of imide groups is 1. The zero-order valence-electron chi connectivity index (χ0n) is 84.8. The third-order valence-electron chi connectivity index (χ3n) is 28.3. The SMILES string of the molecule is CCN1C(=CC=CC=CC2=[N+](CCCCCC(=O)NCc3c(O)ccc4c(-c5ccc(C(=O)O)cc5C(=O)O)c5ccc(=O)cc-5oc34)c3ccc(S(=O)(=O)[O-])cc3C2(C)C)C(C)(C)c2cc(C)ccc21.CCN1C(=CC=CC=CC2=[N+](CCCCCC(=O)ON3C(=O)CCC3=O)c3ccc(S(=O)(=O)[O-])cc3C2(C)C)C(C)(C)c2cc(C)ccc21.NCc1c(O)ccc2c(-c3ccc(C(=O)O)cc3C(=O)O)c3ccc(=O)cc-3oc12. The van der Waals surface area contributed by atoms with E-state index in [1.165, 1.54) is 148 Å². The molecule has 0 bridgehead atoms. The Bertz CT molecular complexity index is 8150. The van der Waals surface area contributed by atoms with Crippen LogP contribution in [0.3, 0.4) is 0 Å². The molecule has 2 aliphatic carbocycles. The molecule has 776 valence electrons. The number of phenolic OH excluding ortho intramolecular Hbond substituents is 2. The van der Waals surface area contributed by atoms with E-state index in [9.17, 15) is 105 Å². The number of carbonyl (C=O) groups excluding carboxylic acids is 4. The number of nitrogens with zero attached hydrogens (tertiary/aromatic N) is 5. The molecule has 0 radical (unpaired) electrons. The molecule has 0 spiro atoms. The fraction of sp³-hybridized carbons (Fsp3) is 0.276. The Morgan fingerprint density at radius 1 is 0.460 bits per heavy atom. The molecule has 9 N–H and O–H groups in total. The molecular formula is C116H115N7O25S2. The Labute approximate surface area is 866 Å². The smallest absolute Gasteiger partial charge is 0.336 e. The van der Waals surface area contributed by atoms with Crippen molar-refractivity contribution in [2.45, 2.75) is 192 Å². The lowest BCUT2D eigenvalue weighted by atomic mass is 9.81. The number of carbonyl (C=O) groups is 8. The lowest BCUT2D eigenvalue weighted by molar-refractivity contribution is -0.438. The summed E-state index contributed by atoms with van der Waals surface area (Å²) < 4.78 is 88.4. The van der Waals surface area contributed by atoms with Gasteiger partial charge in [0.05, 0.1) is 60.5 Å². The van der Waals surface area contributed by atoms with E-state index in [0.717, 1.165) is 53.6 Å². The number of hydrogen-bond acceptors (Lipinski definition) is 24. The van der Waals surface area contributed by atoms with Gasteiger partial charge in [-0.25, -0.2) is 40.8 Å². The average molecular weight is 2070 g/mol. The number of allylic oxidation sites excluding steroid dienone is 12. The first-order valence-electron chi connectivity index (χ1n) is 49.1. The highest BCUT2D eigenvalue weighted by atomic mass is 32.2. The molecule has 9 aliphatic rings. The van der Waals surface area contributed by atoms with Crippen LogP contribution in [0.2, 0.25) is 0 Å². The lowest BCUT2D eigenvalue weighted by Crippen LogP contribution is -2.31. The van der Waals surface area contributed by atoms with E-state index in [4.69, 9.17) is 19.4 Å². The first-order valence-corrected chi connectivity index (χ1v) is 51.9. The van der Waals surface area contributed by atoms with Crippen LogP contribution in [-0.4, -0.2) is 156 Å².